The summed E-state index contributed by atoms with van der Waals surface area (Å²) in [7, 11) is 0. The third-order valence-corrected chi connectivity index (χ3v) is 7.93. The highest BCUT2D eigenvalue weighted by Crippen LogP contribution is 2.29. The van der Waals surface area contributed by atoms with E-state index in [1.807, 2.05) is 17.7 Å². The van der Waals surface area contributed by atoms with Gasteiger partial charge in [0.05, 0.1) is 23.9 Å². The van der Waals surface area contributed by atoms with Crippen molar-refractivity contribution >= 4 is 22.7 Å². The second-order valence-electron chi connectivity index (χ2n) is 11.0. The zero-order valence-electron chi connectivity index (χ0n) is 22.7. The summed E-state index contributed by atoms with van der Waals surface area (Å²) in [5, 5.41) is 22.6. The Morgan fingerprint density at radius 1 is 1.12 bits per heavy atom. The smallest absolute Gasteiger partial charge is 0.295 e. The number of hydrogen-bond acceptors (Lipinski definition) is 6. The minimum atomic E-state index is -0.919. The Morgan fingerprint density at radius 3 is 2.58 bits per heavy atom. The van der Waals surface area contributed by atoms with Crippen LogP contribution in [0, 0.1) is 11.6 Å². The fourth-order valence-electron chi connectivity index (χ4n) is 5.67. The van der Waals surface area contributed by atoms with Crippen LogP contribution in [0.15, 0.2) is 36.7 Å². The maximum absolute atomic E-state index is 14.5. The van der Waals surface area contributed by atoms with E-state index in [9.17, 15) is 28.7 Å². The zero-order chi connectivity index (χ0) is 28.4. The minimum Gasteiger partial charge on any atom is -0.388 e. The molecule has 40 heavy (non-hydrogen) atoms. The number of carbonyl (C=O) groups is 2. The maximum atomic E-state index is 14.5. The number of likely N-dealkylation sites (tertiary alicyclic amines) is 2. The van der Waals surface area contributed by atoms with Gasteiger partial charge in [0.15, 0.2) is 0 Å². The first-order valence-electron chi connectivity index (χ1n) is 13.8. The Labute approximate surface area is 231 Å². The molecule has 0 spiro atoms. The van der Waals surface area contributed by atoms with Crippen LogP contribution in [0.2, 0.25) is 0 Å². The molecule has 9 nitrogen and oxygen atoms in total. The average molecular weight is 556 g/mol. The van der Waals surface area contributed by atoms with Gasteiger partial charge in [0.1, 0.15) is 17.3 Å². The Kier molecular flexibility index (Phi) is 8.16. The number of pyridine rings is 1. The van der Waals surface area contributed by atoms with Crippen molar-refractivity contribution < 1.29 is 28.7 Å². The number of nitrogens with zero attached hydrogens (tertiary/aromatic N) is 5. The van der Waals surface area contributed by atoms with E-state index in [2.05, 4.69) is 9.88 Å². The number of piperidine rings is 1. The van der Waals surface area contributed by atoms with Crippen LogP contribution in [0.3, 0.4) is 0 Å². The number of fused-ring (bicyclic) bond motifs is 1. The van der Waals surface area contributed by atoms with Crippen molar-refractivity contribution in [2.75, 3.05) is 32.7 Å². The Morgan fingerprint density at radius 2 is 1.90 bits per heavy atom. The van der Waals surface area contributed by atoms with E-state index in [1.165, 1.54) is 18.3 Å². The van der Waals surface area contributed by atoms with Gasteiger partial charge in [0, 0.05) is 68.9 Å². The highest BCUT2D eigenvalue weighted by atomic mass is 19.1. The van der Waals surface area contributed by atoms with Crippen LogP contribution in [0.25, 0.3) is 10.9 Å². The van der Waals surface area contributed by atoms with Crippen LogP contribution in [0.1, 0.15) is 60.6 Å². The molecule has 2 N–H and O–H groups in total. The molecule has 0 radical (unpaired) electrons. The van der Waals surface area contributed by atoms with E-state index in [4.69, 9.17) is 0 Å². The lowest BCUT2D eigenvalue weighted by Gasteiger charge is -2.40. The van der Waals surface area contributed by atoms with E-state index >= 15 is 0 Å². The van der Waals surface area contributed by atoms with Crippen molar-refractivity contribution in [3.8, 4) is 0 Å². The van der Waals surface area contributed by atoms with Crippen molar-refractivity contribution in [2.24, 2.45) is 0 Å². The topological polar surface area (TPSA) is 102 Å². The molecule has 2 aromatic heterocycles. The average Bonchev–Trinajstić information content (AvgIpc) is 3.48. The summed E-state index contributed by atoms with van der Waals surface area (Å²) in [5.74, 6) is -1.80. The highest BCUT2D eigenvalue weighted by molar-refractivity contribution is 5.96. The molecular formula is C29H35F2N5O4. The predicted octanol–water partition coefficient (Wildman–Crippen LogP) is 3.55. The Bertz CT molecular complexity index is 1400. The van der Waals surface area contributed by atoms with Crippen LogP contribution in [-0.2, 0) is 17.9 Å². The molecule has 0 unspecified atom stereocenters. The molecule has 11 heteroatoms. The normalized spacial score (nSPS) is 17.6. The van der Waals surface area contributed by atoms with Crippen LogP contribution in [-0.4, -0.2) is 84.9 Å². The third-order valence-electron chi connectivity index (χ3n) is 7.93. The summed E-state index contributed by atoms with van der Waals surface area (Å²) in [6.07, 6.45) is 6.43. The number of aliphatic hydroxyl groups is 1. The summed E-state index contributed by atoms with van der Waals surface area (Å²) in [6, 6.07) is 5.12. The molecule has 4 heterocycles. The van der Waals surface area contributed by atoms with E-state index in [0.29, 0.717) is 74.6 Å². The monoisotopic (exact) mass is 555 g/mol. The number of hydrogen-bond donors (Lipinski definition) is 2. The van der Waals surface area contributed by atoms with E-state index < -0.39 is 23.1 Å². The lowest BCUT2D eigenvalue weighted by atomic mass is 9.90. The number of carbonyl (C=O) groups excluding carboxylic acids is 2. The standard InChI is InChI=1S/C29H35F2N5O4/c1-2-9-36(40)28(38)25-14-23-21(16-33-11-7-29(39,8-12-33)19-34-10-3-4-27(34)37)18-35(26(23)15-32-25)17-20-5-6-22(30)13-24(20)31/h5-6,13-15,18,39-40H,2-4,7-12,16-17,19H2,1H3. The first-order chi connectivity index (χ1) is 19.2. The highest BCUT2D eigenvalue weighted by Gasteiger charge is 2.36. The zero-order valence-corrected chi connectivity index (χ0v) is 22.7. The number of hydroxylamine groups is 2. The van der Waals surface area contributed by atoms with Gasteiger partial charge in [-0.2, -0.15) is 0 Å². The summed E-state index contributed by atoms with van der Waals surface area (Å²) >= 11 is 0. The van der Waals surface area contributed by atoms with Gasteiger partial charge in [-0.15, -0.1) is 0 Å². The van der Waals surface area contributed by atoms with Gasteiger partial charge in [0.25, 0.3) is 5.91 Å². The van der Waals surface area contributed by atoms with Crippen molar-refractivity contribution in [1.29, 1.82) is 0 Å². The van der Waals surface area contributed by atoms with Gasteiger partial charge >= 0.3 is 0 Å². The number of benzene rings is 1. The van der Waals surface area contributed by atoms with Crippen LogP contribution in [0.5, 0.6) is 0 Å². The maximum Gasteiger partial charge on any atom is 0.295 e. The van der Waals surface area contributed by atoms with Gasteiger partial charge < -0.3 is 14.6 Å². The third kappa shape index (κ3) is 6.01. The van der Waals surface area contributed by atoms with E-state index in [0.717, 1.165) is 23.4 Å². The van der Waals surface area contributed by atoms with Crippen LogP contribution in [0.4, 0.5) is 8.78 Å². The van der Waals surface area contributed by atoms with E-state index in [-0.39, 0.29) is 24.7 Å². The fourth-order valence-corrected chi connectivity index (χ4v) is 5.67. The molecule has 3 aromatic rings. The molecule has 214 valence electrons. The van der Waals surface area contributed by atoms with Crippen molar-refractivity contribution in [2.45, 2.75) is 57.7 Å². The summed E-state index contributed by atoms with van der Waals surface area (Å²) < 4.78 is 29.8. The lowest BCUT2D eigenvalue weighted by molar-refractivity contribution is -0.132. The number of aromatic nitrogens is 2. The molecule has 2 aliphatic rings. The SMILES string of the molecule is CCCN(O)C(=O)c1cc2c(CN3CCC(O)(CN4CCCC4=O)CC3)cn(Cc3ccc(F)cc3F)c2cn1. The van der Waals surface area contributed by atoms with E-state index in [1.54, 1.807) is 11.0 Å². The Balaban J connectivity index is 1.39. The molecular weight excluding hydrogens is 520 g/mol. The second kappa shape index (κ2) is 11.6. The van der Waals surface area contributed by atoms with Crippen molar-refractivity contribution in [3.05, 3.63) is 65.1 Å². The molecule has 5 rings (SSSR count). The molecule has 2 saturated heterocycles. The number of amides is 2. The van der Waals surface area contributed by atoms with Gasteiger partial charge in [-0.3, -0.25) is 19.7 Å². The van der Waals surface area contributed by atoms with Gasteiger partial charge in [-0.05, 0) is 43.4 Å². The van der Waals surface area contributed by atoms with Crippen molar-refractivity contribution in [1.82, 2.24) is 24.4 Å². The molecule has 0 atom stereocenters. The Hall–Kier alpha value is -3.41. The fraction of sp³-hybridized carbons (Fsp3) is 0.483. The van der Waals surface area contributed by atoms with Crippen LogP contribution < -0.4 is 0 Å². The van der Waals surface area contributed by atoms with Gasteiger partial charge in [0.2, 0.25) is 5.91 Å². The number of rotatable bonds is 9. The lowest BCUT2D eigenvalue weighted by Crippen LogP contribution is -2.51. The van der Waals surface area contributed by atoms with Gasteiger partial charge in [-0.25, -0.2) is 18.8 Å². The van der Waals surface area contributed by atoms with Gasteiger partial charge in [-0.1, -0.05) is 13.0 Å². The van der Waals surface area contributed by atoms with Crippen LogP contribution >= 0.6 is 0 Å². The summed E-state index contributed by atoms with van der Waals surface area (Å²) in [4.78, 5) is 33.0. The number of halogens is 2. The first-order valence-corrected chi connectivity index (χ1v) is 13.8. The largest absolute Gasteiger partial charge is 0.388 e. The molecule has 2 aliphatic heterocycles. The number of β-amino-alcohol motifs (C(OH)–C–C–N with tert-alkyl or cyclic N) is 1. The molecule has 2 fully saturated rings. The predicted molar refractivity (Wildman–Crippen MR) is 144 cm³/mol. The molecule has 0 bridgehead atoms. The molecule has 2 amide bonds. The molecule has 0 aliphatic carbocycles. The van der Waals surface area contributed by atoms with Crippen molar-refractivity contribution in [3.63, 3.8) is 0 Å². The first kappa shape index (κ1) is 28.1. The summed E-state index contributed by atoms with van der Waals surface area (Å²) in [5.41, 5.74) is 1.05. The molecule has 1 aromatic carbocycles. The summed E-state index contributed by atoms with van der Waals surface area (Å²) in [6.45, 7) is 4.98. The minimum absolute atomic E-state index is 0.0960. The quantitative estimate of drug-likeness (QED) is 0.309. The second-order valence-corrected chi connectivity index (χ2v) is 11.0. The molecule has 0 saturated carbocycles.